The second-order valence-electron chi connectivity index (χ2n) is 5.77. The summed E-state index contributed by atoms with van der Waals surface area (Å²) in [6.07, 6.45) is 3.20. The molecule has 0 saturated heterocycles. The number of aromatic nitrogens is 4. The molecule has 4 N–H and O–H groups in total. The Kier molecular flexibility index (Phi) is 4.06. The van der Waals surface area contributed by atoms with Gasteiger partial charge in [0.2, 0.25) is 5.95 Å². The smallest absolute Gasteiger partial charge is 0.222 e. The molecule has 0 aliphatic rings. The first-order valence-electron chi connectivity index (χ1n) is 8.08. The van der Waals surface area contributed by atoms with Crippen molar-refractivity contribution in [1.82, 2.24) is 24.8 Å². The Hall–Kier alpha value is -3.68. The van der Waals surface area contributed by atoms with Crippen LogP contribution in [0.4, 0.5) is 5.95 Å². The van der Waals surface area contributed by atoms with Gasteiger partial charge < -0.3 is 20.0 Å². The molecule has 8 nitrogen and oxygen atoms in total. The number of fused-ring (bicyclic) bond motifs is 1. The minimum atomic E-state index is 0.134. The van der Waals surface area contributed by atoms with Gasteiger partial charge in [-0.3, -0.25) is 5.41 Å². The highest BCUT2D eigenvalue weighted by atomic mass is 16.3. The number of rotatable bonds is 5. The summed E-state index contributed by atoms with van der Waals surface area (Å²) in [5.41, 5.74) is 8.66. The number of nitrogens with one attached hydrogen (secondary N) is 2. The van der Waals surface area contributed by atoms with Crippen LogP contribution in [0.1, 0.15) is 5.56 Å². The van der Waals surface area contributed by atoms with Gasteiger partial charge in [-0.25, -0.2) is 9.97 Å². The van der Waals surface area contributed by atoms with Crippen molar-refractivity contribution in [1.29, 1.82) is 5.41 Å². The third kappa shape index (κ3) is 3.12. The van der Waals surface area contributed by atoms with Crippen molar-refractivity contribution in [2.24, 2.45) is 0 Å². The first kappa shape index (κ1) is 15.8. The van der Waals surface area contributed by atoms with Crippen LogP contribution in [0.3, 0.4) is 0 Å². The van der Waals surface area contributed by atoms with Crippen molar-refractivity contribution in [3.05, 3.63) is 60.6 Å². The number of benzene rings is 1. The minimum Gasteiger partial charge on any atom is -0.463 e. The Balaban J connectivity index is 1.56. The quantitative estimate of drug-likeness (QED) is 0.377. The van der Waals surface area contributed by atoms with Crippen molar-refractivity contribution in [2.75, 3.05) is 5.73 Å². The predicted octanol–water partition coefficient (Wildman–Crippen LogP) is 2.44. The molecule has 1 aromatic carbocycles. The molecule has 3 aromatic heterocycles. The molecule has 0 amide bonds. The summed E-state index contributed by atoms with van der Waals surface area (Å²) >= 11 is 0. The highest BCUT2D eigenvalue weighted by Crippen LogP contribution is 2.25. The van der Waals surface area contributed by atoms with Gasteiger partial charge in [-0.1, -0.05) is 30.3 Å². The second-order valence-corrected chi connectivity index (χ2v) is 5.77. The molecule has 4 rings (SSSR count). The van der Waals surface area contributed by atoms with Gasteiger partial charge in [0, 0.05) is 6.54 Å². The van der Waals surface area contributed by atoms with Crippen LogP contribution in [-0.2, 0) is 13.1 Å². The number of furan rings is 1. The summed E-state index contributed by atoms with van der Waals surface area (Å²) in [6, 6.07) is 13.5. The molecule has 26 heavy (non-hydrogen) atoms. The number of nitrogens with zero attached hydrogens (tertiary/aromatic N) is 4. The molecule has 0 saturated carbocycles. The molecule has 0 radical (unpaired) electrons. The summed E-state index contributed by atoms with van der Waals surface area (Å²) in [5, 5.41) is 11.3. The monoisotopic (exact) mass is 347 g/mol. The van der Waals surface area contributed by atoms with Gasteiger partial charge >= 0.3 is 0 Å². The number of nitrogen functional groups attached to an aromatic ring is 1. The van der Waals surface area contributed by atoms with Crippen molar-refractivity contribution in [3.8, 4) is 11.5 Å². The fourth-order valence-corrected chi connectivity index (χ4v) is 2.69. The SMILES string of the molecule is N=C(Cn1cnc2c(-c3ccco3)nc(N)nc21)NCc1ccccc1. The fraction of sp³-hybridized carbons (Fsp3) is 0.111. The maximum absolute atomic E-state index is 8.18. The van der Waals surface area contributed by atoms with E-state index in [2.05, 4.69) is 20.3 Å². The highest BCUT2D eigenvalue weighted by Gasteiger charge is 2.16. The number of hydrogen-bond donors (Lipinski definition) is 3. The fourth-order valence-electron chi connectivity index (χ4n) is 2.69. The second kappa shape index (κ2) is 6.67. The van der Waals surface area contributed by atoms with Gasteiger partial charge in [0.1, 0.15) is 17.0 Å². The van der Waals surface area contributed by atoms with Gasteiger partial charge in [-0.05, 0) is 17.7 Å². The molecule has 0 aliphatic carbocycles. The molecule has 130 valence electrons. The van der Waals surface area contributed by atoms with E-state index in [0.29, 0.717) is 41.5 Å². The normalized spacial score (nSPS) is 10.9. The largest absolute Gasteiger partial charge is 0.463 e. The van der Waals surface area contributed by atoms with Crippen LogP contribution in [0.15, 0.2) is 59.5 Å². The van der Waals surface area contributed by atoms with Crippen LogP contribution in [-0.4, -0.2) is 25.4 Å². The lowest BCUT2D eigenvalue weighted by molar-refractivity contribution is 0.580. The van der Waals surface area contributed by atoms with E-state index in [9.17, 15) is 0 Å². The number of nitrogens with two attached hydrogens (primary N) is 1. The Morgan fingerprint density at radius 3 is 2.77 bits per heavy atom. The van der Waals surface area contributed by atoms with E-state index in [1.165, 1.54) is 0 Å². The van der Waals surface area contributed by atoms with Gasteiger partial charge in [-0.15, -0.1) is 0 Å². The first-order valence-corrected chi connectivity index (χ1v) is 8.08. The van der Waals surface area contributed by atoms with E-state index in [1.54, 1.807) is 29.3 Å². The Bertz CT molecular complexity index is 1040. The van der Waals surface area contributed by atoms with Crippen LogP contribution in [0.2, 0.25) is 0 Å². The number of anilines is 1. The van der Waals surface area contributed by atoms with E-state index in [1.807, 2.05) is 30.3 Å². The lowest BCUT2D eigenvalue weighted by atomic mass is 10.2. The molecule has 0 unspecified atom stereocenters. The molecule has 0 fully saturated rings. The van der Waals surface area contributed by atoms with E-state index in [0.717, 1.165) is 5.56 Å². The van der Waals surface area contributed by atoms with Gasteiger partial charge in [0.25, 0.3) is 0 Å². The molecule has 0 bridgehead atoms. The number of amidine groups is 1. The summed E-state index contributed by atoms with van der Waals surface area (Å²) in [6.45, 7) is 0.887. The zero-order chi connectivity index (χ0) is 17.9. The van der Waals surface area contributed by atoms with Crippen molar-refractivity contribution in [2.45, 2.75) is 13.1 Å². The predicted molar refractivity (Wildman–Crippen MR) is 98.4 cm³/mol. The molecule has 0 atom stereocenters. The van der Waals surface area contributed by atoms with Crippen molar-refractivity contribution >= 4 is 22.9 Å². The average Bonchev–Trinajstić information content (AvgIpc) is 3.31. The van der Waals surface area contributed by atoms with Crippen LogP contribution < -0.4 is 11.1 Å². The third-order valence-electron chi connectivity index (χ3n) is 3.91. The molecule has 3 heterocycles. The summed E-state index contributed by atoms with van der Waals surface area (Å²) < 4.78 is 7.17. The minimum absolute atomic E-state index is 0.134. The van der Waals surface area contributed by atoms with Crippen molar-refractivity contribution < 1.29 is 4.42 Å². The highest BCUT2D eigenvalue weighted by molar-refractivity contribution is 5.88. The number of hydrogen-bond acceptors (Lipinski definition) is 6. The molecule has 0 aliphatic heterocycles. The molecule has 4 aromatic rings. The lowest BCUT2D eigenvalue weighted by Crippen LogP contribution is -2.26. The van der Waals surface area contributed by atoms with E-state index in [4.69, 9.17) is 15.6 Å². The Labute approximate surface area is 149 Å². The zero-order valence-corrected chi connectivity index (χ0v) is 13.9. The van der Waals surface area contributed by atoms with E-state index < -0.39 is 0 Å². The standard InChI is InChI=1S/C18H17N7O/c19-14(21-9-12-5-2-1-3-6-12)10-25-11-22-16-15(13-7-4-8-26-13)23-18(20)24-17(16)25/h1-8,11H,9-10H2,(H2,19,21)(H2,20,23,24). The maximum atomic E-state index is 8.18. The topological polar surface area (TPSA) is 119 Å². The van der Waals surface area contributed by atoms with Crippen LogP contribution >= 0.6 is 0 Å². The lowest BCUT2D eigenvalue weighted by Gasteiger charge is -2.09. The van der Waals surface area contributed by atoms with Crippen LogP contribution in [0, 0.1) is 5.41 Å². The van der Waals surface area contributed by atoms with Crippen molar-refractivity contribution in [3.63, 3.8) is 0 Å². The average molecular weight is 347 g/mol. The summed E-state index contributed by atoms with van der Waals surface area (Å²) in [5.74, 6) is 1.06. The van der Waals surface area contributed by atoms with Gasteiger partial charge in [0.05, 0.1) is 19.1 Å². The van der Waals surface area contributed by atoms with E-state index >= 15 is 0 Å². The van der Waals surface area contributed by atoms with Crippen LogP contribution in [0.25, 0.3) is 22.6 Å². The molecular formula is C18H17N7O. The third-order valence-corrected chi connectivity index (χ3v) is 3.91. The van der Waals surface area contributed by atoms with Crippen LogP contribution in [0.5, 0.6) is 0 Å². The zero-order valence-electron chi connectivity index (χ0n) is 13.9. The first-order chi connectivity index (χ1) is 12.7. The Morgan fingerprint density at radius 2 is 2.00 bits per heavy atom. The number of imidazole rings is 1. The molecular weight excluding hydrogens is 330 g/mol. The van der Waals surface area contributed by atoms with Gasteiger partial charge in [-0.2, -0.15) is 4.98 Å². The molecule has 8 heteroatoms. The maximum Gasteiger partial charge on any atom is 0.222 e. The van der Waals surface area contributed by atoms with E-state index in [-0.39, 0.29) is 5.95 Å². The molecule has 0 spiro atoms. The summed E-state index contributed by atoms with van der Waals surface area (Å²) in [4.78, 5) is 12.9. The summed E-state index contributed by atoms with van der Waals surface area (Å²) in [7, 11) is 0. The Morgan fingerprint density at radius 1 is 1.15 bits per heavy atom. The van der Waals surface area contributed by atoms with Gasteiger partial charge in [0.15, 0.2) is 11.4 Å².